The molecule has 0 bridgehead atoms. The summed E-state index contributed by atoms with van der Waals surface area (Å²) in [5.41, 5.74) is 0.718. The maximum absolute atomic E-state index is 13.4. The Balaban J connectivity index is 2.52. The highest BCUT2D eigenvalue weighted by Crippen LogP contribution is 2.33. The van der Waals surface area contributed by atoms with E-state index in [1.165, 1.54) is 6.07 Å². The van der Waals surface area contributed by atoms with Gasteiger partial charge in [0, 0.05) is 17.7 Å². The van der Waals surface area contributed by atoms with Crippen LogP contribution in [0.3, 0.4) is 0 Å². The van der Waals surface area contributed by atoms with E-state index in [4.69, 9.17) is 0 Å². The van der Waals surface area contributed by atoms with Crippen molar-refractivity contribution in [1.29, 1.82) is 0 Å². The molecule has 1 N–H and O–H groups in total. The minimum absolute atomic E-state index is 0.176. The molecule has 5 heteroatoms. The predicted octanol–water partition coefficient (Wildman–Crippen LogP) is 2.26. The first-order chi connectivity index (χ1) is 6.63. The van der Waals surface area contributed by atoms with Crippen LogP contribution in [0.15, 0.2) is 10.5 Å². The Kier molecular flexibility index (Phi) is 2.26. The summed E-state index contributed by atoms with van der Waals surface area (Å²) in [6.45, 7) is 0. The molecule has 1 aliphatic heterocycles. The van der Waals surface area contributed by atoms with Gasteiger partial charge < -0.3 is 10.1 Å². The number of fused-ring (bicyclic) bond motifs is 1. The molecule has 0 aliphatic carbocycles. The Bertz CT molecular complexity index is 408. The minimum atomic E-state index is -0.666. The Morgan fingerprint density at radius 3 is 2.93 bits per heavy atom. The number of rotatable bonds is 1. The molecule has 1 aliphatic rings. The van der Waals surface area contributed by atoms with Gasteiger partial charge in [-0.15, -0.1) is 0 Å². The maximum atomic E-state index is 13.4. The molecule has 1 aromatic carbocycles. The number of hydrogen-bond acceptors (Lipinski definition) is 2. The van der Waals surface area contributed by atoms with E-state index in [-0.39, 0.29) is 10.9 Å². The molecule has 0 radical (unpaired) electrons. The van der Waals surface area contributed by atoms with Gasteiger partial charge in [-0.2, -0.15) is 0 Å². The fraction of sp³-hybridized carbons (Fsp3) is 0.222. The largest absolute Gasteiger partial charge is 0.375 e. The van der Waals surface area contributed by atoms with Gasteiger partial charge in [0.05, 0.1) is 10.5 Å². The number of aldehydes is 1. The molecule has 74 valence electrons. The third-order valence-corrected chi connectivity index (χ3v) is 2.92. The zero-order valence-electron chi connectivity index (χ0n) is 6.98. The van der Waals surface area contributed by atoms with Gasteiger partial charge in [-0.3, -0.25) is 0 Å². The van der Waals surface area contributed by atoms with E-state index in [9.17, 15) is 13.6 Å². The highest BCUT2D eigenvalue weighted by atomic mass is 79.9. The van der Waals surface area contributed by atoms with E-state index in [0.29, 0.717) is 17.5 Å². The number of halogens is 3. The molecule has 14 heavy (non-hydrogen) atoms. The van der Waals surface area contributed by atoms with Gasteiger partial charge in [0.25, 0.3) is 0 Å². The van der Waals surface area contributed by atoms with Gasteiger partial charge in [-0.05, 0) is 22.0 Å². The smallest absolute Gasteiger partial charge is 0.145 e. The Morgan fingerprint density at radius 1 is 1.57 bits per heavy atom. The molecule has 2 rings (SSSR count). The monoisotopic (exact) mass is 261 g/mol. The summed E-state index contributed by atoms with van der Waals surface area (Å²) < 4.78 is 26.3. The van der Waals surface area contributed by atoms with E-state index in [1.807, 2.05) is 0 Å². The van der Waals surface area contributed by atoms with Gasteiger partial charge >= 0.3 is 0 Å². The van der Waals surface area contributed by atoms with Gasteiger partial charge in [-0.1, -0.05) is 0 Å². The van der Waals surface area contributed by atoms with Crippen LogP contribution < -0.4 is 5.32 Å². The molecule has 1 unspecified atom stereocenters. The van der Waals surface area contributed by atoms with E-state index in [1.54, 1.807) is 0 Å². The summed E-state index contributed by atoms with van der Waals surface area (Å²) in [5, 5.41) is 2.72. The quantitative estimate of drug-likeness (QED) is 0.621. The van der Waals surface area contributed by atoms with Crippen molar-refractivity contribution in [3.8, 4) is 0 Å². The van der Waals surface area contributed by atoms with Crippen LogP contribution in [0.1, 0.15) is 5.56 Å². The lowest BCUT2D eigenvalue weighted by molar-refractivity contribution is -0.108. The van der Waals surface area contributed by atoms with Crippen LogP contribution in [0, 0.1) is 11.6 Å². The molecule has 1 aromatic rings. The lowest BCUT2D eigenvalue weighted by Gasteiger charge is -2.03. The number of anilines is 1. The Hall–Kier alpha value is -0.970. The number of hydrogen-bond donors (Lipinski definition) is 1. The maximum Gasteiger partial charge on any atom is 0.145 e. The van der Waals surface area contributed by atoms with E-state index in [2.05, 4.69) is 21.2 Å². The molecule has 1 heterocycles. The van der Waals surface area contributed by atoms with Crippen LogP contribution in [-0.2, 0) is 11.2 Å². The van der Waals surface area contributed by atoms with E-state index < -0.39 is 17.7 Å². The van der Waals surface area contributed by atoms with E-state index in [0.717, 1.165) is 0 Å². The first kappa shape index (κ1) is 9.58. The molecule has 0 spiro atoms. The first-order valence-corrected chi connectivity index (χ1v) is 4.81. The van der Waals surface area contributed by atoms with Crippen LogP contribution in [0.5, 0.6) is 0 Å². The molecular weight excluding hydrogens is 256 g/mol. The van der Waals surface area contributed by atoms with Crippen molar-refractivity contribution in [1.82, 2.24) is 0 Å². The van der Waals surface area contributed by atoms with Crippen molar-refractivity contribution in [2.75, 3.05) is 5.32 Å². The van der Waals surface area contributed by atoms with Crippen LogP contribution in [-0.4, -0.2) is 12.3 Å². The predicted molar refractivity (Wildman–Crippen MR) is 51.2 cm³/mol. The van der Waals surface area contributed by atoms with Crippen molar-refractivity contribution in [3.05, 3.63) is 27.7 Å². The van der Waals surface area contributed by atoms with Crippen molar-refractivity contribution >= 4 is 27.9 Å². The summed E-state index contributed by atoms with van der Waals surface area (Å²) in [4.78, 5) is 10.5. The Labute approximate surface area is 87.4 Å². The normalized spacial score (nSPS) is 18.9. The average Bonchev–Trinajstić information content (AvgIpc) is 2.57. The van der Waals surface area contributed by atoms with Crippen LogP contribution in [0.25, 0.3) is 0 Å². The molecule has 0 amide bonds. The van der Waals surface area contributed by atoms with Crippen LogP contribution in [0.2, 0.25) is 0 Å². The molecule has 0 fully saturated rings. The van der Waals surface area contributed by atoms with Gasteiger partial charge in [0.2, 0.25) is 0 Å². The third-order valence-electron chi connectivity index (χ3n) is 2.19. The van der Waals surface area contributed by atoms with Crippen molar-refractivity contribution in [2.45, 2.75) is 12.5 Å². The van der Waals surface area contributed by atoms with Crippen LogP contribution >= 0.6 is 15.9 Å². The summed E-state index contributed by atoms with van der Waals surface area (Å²) in [6, 6.07) is 0.736. The highest BCUT2D eigenvalue weighted by Gasteiger charge is 2.26. The summed E-state index contributed by atoms with van der Waals surface area (Å²) in [7, 11) is 0. The molecule has 0 aromatic heterocycles. The van der Waals surface area contributed by atoms with Gasteiger partial charge in [0.1, 0.15) is 17.9 Å². The molecule has 0 saturated heterocycles. The fourth-order valence-electron chi connectivity index (χ4n) is 1.51. The zero-order chi connectivity index (χ0) is 10.3. The zero-order valence-corrected chi connectivity index (χ0v) is 8.57. The summed E-state index contributed by atoms with van der Waals surface area (Å²) in [5.74, 6) is -1.29. The van der Waals surface area contributed by atoms with Gasteiger partial charge in [-0.25, -0.2) is 8.78 Å². The van der Waals surface area contributed by atoms with E-state index >= 15 is 0 Å². The minimum Gasteiger partial charge on any atom is -0.375 e. The summed E-state index contributed by atoms with van der Waals surface area (Å²) >= 11 is 2.81. The van der Waals surface area contributed by atoms with Gasteiger partial charge in [0.15, 0.2) is 0 Å². The molecule has 1 atom stereocenters. The topological polar surface area (TPSA) is 29.1 Å². The number of nitrogens with one attached hydrogen (secondary N) is 1. The Morgan fingerprint density at radius 2 is 2.29 bits per heavy atom. The number of carbonyl (C=O) groups excluding carboxylic acids is 1. The molecule has 0 saturated carbocycles. The number of benzene rings is 1. The van der Waals surface area contributed by atoms with Crippen molar-refractivity contribution in [2.24, 2.45) is 0 Å². The summed E-state index contributed by atoms with van der Waals surface area (Å²) in [6.07, 6.45) is 0.953. The second-order valence-corrected chi connectivity index (χ2v) is 3.90. The van der Waals surface area contributed by atoms with Crippen LogP contribution in [0.4, 0.5) is 14.5 Å². The van der Waals surface area contributed by atoms with Crippen molar-refractivity contribution < 1.29 is 13.6 Å². The standard InChI is InChI=1S/C9H6BrF2NO/c10-8-6(11)2-7-5(9(8)12)1-4(3-14)13-7/h2-4,13H,1H2. The highest BCUT2D eigenvalue weighted by molar-refractivity contribution is 9.10. The first-order valence-electron chi connectivity index (χ1n) is 4.01. The SMILES string of the molecule is O=CC1Cc2c(cc(F)c(Br)c2F)N1. The number of carbonyl (C=O) groups is 1. The molecule has 2 nitrogen and oxygen atoms in total. The average molecular weight is 262 g/mol. The second-order valence-electron chi connectivity index (χ2n) is 3.10. The lowest BCUT2D eigenvalue weighted by atomic mass is 10.1. The van der Waals surface area contributed by atoms with Crippen molar-refractivity contribution in [3.63, 3.8) is 0 Å². The third kappa shape index (κ3) is 1.32. The lowest BCUT2D eigenvalue weighted by Crippen LogP contribution is -2.16. The second kappa shape index (κ2) is 3.31. The molecular formula is C9H6BrF2NO. The fourth-order valence-corrected chi connectivity index (χ4v) is 1.87.